The van der Waals surface area contributed by atoms with E-state index in [-0.39, 0.29) is 0 Å². The van der Waals surface area contributed by atoms with Crippen molar-refractivity contribution in [1.29, 1.82) is 0 Å². The van der Waals surface area contributed by atoms with Gasteiger partial charge >= 0.3 is 0 Å². The molecule has 0 bridgehead atoms. The SMILES string of the molecule is CS(=O)(=O)Nc1cccc(CC2CCCCN2)c1. The molecule has 0 saturated carbocycles. The molecule has 18 heavy (non-hydrogen) atoms. The highest BCUT2D eigenvalue weighted by molar-refractivity contribution is 7.92. The molecule has 1 aromatic carbocycles. The zero-order chi connectivity index (χ0) is 13.0. The van der Waals surface area contributed by atoms with E-state index in [4.69, 9.17) is 0 Å². The van der Waals surface area contributed by atoms with Gasteiger partial charge in [-0.15, -0.1) is 0 Å². The van der Waals surface area contributed by atoms with Crippen LogP contribution in [0.25, 0.3) is 0 Å². The molecule has 2 N–H and O–H groups in total. The number of piperidine rings is 1. The maximum absolute atomic E-state index is 11.2. The summed E-state index contributed by atoms with van der Waals surface area (Å²) in [5.74, 6) is 0. The second kappa shape index (κ2) is 5.71. The second-order valence-corrected chi connectivity index (χ2v) is 6.67. The van der Waals surface area contributed by atoms with E-state index in [1.165, 1.54) is 31.1 Å². The number of nitrogens with one attached hydrogen (secondary N) is 2. The standard InChI is InChI=1S/C13H20N2O2S/c1-18(16,17)15-13-7-4-5-11(10-13)9-12-6-2-3-8-14-12/h4-5,7,10,12,14-15H,2-3,6,8-9H2,1H3. The number of hydrogen-bond donors (Lipinski definition) is 2. The Labute approximate surface area is 109 Å². The lowest BCUT2D eigenvalue weighted by Gasteiger charge is -2.23. The van der Waals surface area contributed by atoms with Gasteiger partial charge in [0.25, 0.3) is 0 Å². The molecule has 1 fully saturated rings. The third kappa shape index (κ3) is 4.31. The predicted octanol–water partition coefficient (Wildman–Crippen LogP) is 1.74. The van der Waals surface area contributed by atoms with Crippen molar-refractivity contribution in [2.75, 3.05) is 17.5 Å². The Morgan fingerprint density at radius 3 is 2.89 bits per heavy atom. The highest BCUT2D eigenvalue weighted by Gasteiger charge is 2.13. The van der Waals surface area contributed by atoms with E-state index in [1.807, 2.05) is 18.2 Å². The van der Waals surface area contributed by atoms with Gasteiger partial charge in [0, 0.05) is 11.7 Å². The van der Waals surface area contributed by atoms with Gasteiger partial charge in [-0.25, -0.2) is 8.42 Å². The molecule has 1 aromatic rings. The van der Waals surface area contributed by atoms with Crippen LogP contribution in [0.15, 0.2) is 24.3 Å². The summed E-state index contributed by atoms with van der Waals surface area (Å²) in [5, 5.41) is 3.50. The fourth-order valence-electron chi connectivity index (χ4n) is 2.36. The molecule has 0 spiro atoms. The highest BCUT2D eigenvalue weighted by Crippen LogP contribution is 2.16. The summed E-state index contributed by atoms with van der Waals surface area (Å²) in [5.41, 5.74) is 1.81. The van der Waals surface area contributed by atoms with Crippen LogP contribution in [0.1, 0.15) is 24.8 Å². The van der Waals surface area contributed by atoms with E-state index in [9.17, 15) is 8.42 Å². The average Bonchev–Trinajstić information content (AvgIpc) is 2.28. The summed E-state index contributed by atoms with van der Waals surface area (Å²) in [7, 11) is -3.19. The molecule has 1 heterocycles. The lowest BCUT2D eigenvalue weighted by atomic mass is 9.98. The van der Waals surface area contributed by atoms with Gasteiger partial charge in [-0.1, -0.05) is 18.6 Å². The van der Waals surface area contributed by atoms with E-state index >= 15 is 0 Å². The van der Waals surface area contributed by atoms with Gasteiger partial charge < -0.3 is 5.32 Å². The summed E-state index contributed by atoms with van der Waals surface area (Å²) >= 11 is 0. The Bertz CT molecular complexity index is 493. The van der Waals surface area contributed by atoms with Crippen LogP contribution in [0, 0.1) is 0 Å². The molecular formula is C13H20N2O2S. The molecule has 1 saturated heterocycles. The molecule has 0 aromatic heterocycles. The fourth-order valence-corrected chi connectivity index (χ4v) is 2.91. The van der Waals surface area contributed by atoms with Crippen LogP contribution in [0.4, 0.5) is 5.69 Å². The second-order valence-electron chi connectivity index (χ2n) is 4.93. The Morgan fingerprint density at radius 1 is 1.39 bits per heavy atom. The molecule has 2 rings (SSSR count). The van der Waals surface area contributed by atoms with Crippen LogP contribution < -0.4 is 10.0 Å². The number of rotatable bonds is 4. The number of sulfonamides is 1. The molecule has 0 aliphatic carbocycles. The zero-order valence-corrected chi connectivity index (χ0v) is 11.5. The zero-order valence-electron chi connectivity index (χ0n) is 10.6. The van der Waals surface area contributed by atoms with Crippen molar-refractivity contribution in [3.8, 4) is 0 Å². The first kappa shape index (κ1) is 13.4. The largest absolute Gasteiger partial charge is 0.314 e. The van der Waals surface area contributed by atoms with Crippen LogP contribution in [-0.2, 0) is 16.4 Å². The molecule has 100 valence electrons. The normalized spacial score (nSPS) is 20.6. The van der Waals surface area contributed by atoms with Gasteiger partial charge in [0.2, 0.25) is 10.0 Å². The number of anilines is 1. The van der Waals surface area contributed by atoms with Crippen molar-refractivity contribution < 1.29 is 8.42 Å². The van der Waals surface area contributed by atoms with Crippen LogP contribution in [0.3, 0.4) is 0 Å². The Hall–Kier alpha value is -1.07. The minimum Gasteiger partial charge on any atom is -0.314 e. The van der Waals surface area contributed by atoms with E-state index < -0.39 is 10.0 Å². The molecule has 1 unspecified atom stereocenters. The fraction of sp³-hybridized carbons (Fsp3) is 0.538. The topological polar surface area (TPSA) is 58.2 Å². The lowest BCUT2D eigenvalue weighted by molar-refractivity contribution is 0.399. The Morgan fingerprint density at radius 2 is 2.22 bits per heavy atom. The predicted molar refractivity (Wildman–Crippen MR) is 74.3 cm³/mol. The third-order valence-corrected chi connectivity index (χ3v) is 3.73. The molecular weight excluding hydrogens is 248 g/mol. The van der Waals surface area contributed by atoms with E-state index in [0.29, 0.717) is 11.7 Å². The monoisotopic (exact) mass is 268 g/mol. The highest BCUT2D eigenvalue weighted by atomic mass is 32.2. The Balaban J connectivity index is 2.02. The van der Waals surface area contributed by atoms with E-state index in [0.717, 1.165) is 13.0 Å². The van der Waals surface area contributed by atoms with E-state index in [2.05, 4.69) is 10.0 Å². The van der Waals surface area contributed by atoms with Crippen molar-refractivity contribution in [3.05, 3.63) is 29.8 Å². The minimum atomic E-state index is -3.19. The summed E-state index contributed by atoms with van der Waals surface area (Å²) in [4.78, 5) is 0. The van der Waals surface area contributed by atoms with Crippen molar-refractivity contribution in [1.82, 2.24) is 5.32 Å². The number of hydrogen-bond acceptors (Lipinski definition) is 3. The van der Waals surface area contributed by atoms with Crippen LogP contribution in [0.2, 0.25) is 0 Å². The van der Waals surface area contributed by atoms with Crippen LogP contribution >= 0.6 is 0 Å². The maximum atomic E-state index is 11.2. The van der Waals surface area contributed by atoms with Crippen LogP contribution in [-0.4, -0.2) is 27.3 Å². The van der Waals surface area contributed by atoms with Gasteiger partial charge in [-0.2, -0.15) is 0 Å². The van der Waals surface area contributed by atoms with Gasteiger partial charge in [0.1, 0.15) is 0 Å². The smallest absolute Gasteiger partial charge is 0.229 e. The third-order valence-electron chi connectivity index (χ3n) is 3.12. The van der Waals surface area contributed by atoms with Crippen molar-refractivity contribution in [3.63, 3.8) is 0 Å². The first-order valence-electron chi connectivity index (χ1n) is 6.33. The van der Waals surface area contributed by atoms with Crippen molar-refractivity contribution in [2.45, 2.75) is 31.7 Å². The summed E-state index contributed by atoms with van der Waals surface area (Å²) in [6.07, 6.45) is 5.86. The molecule has 1 aliphatic heterocycles. The van der Waals surface area contributed by atoms with E-state index in [1.54, 1.807) is 6.07 Å². The van der Waals surface area contributed by atoms with Crippen LogP contribution in [0.5, 0.6) is 0 Å². The maximum Gasteiger partial charge on any atom is 0.229 e. The first-order chi connectivity index (χ1) is 8.53. The molecule has 0 amide bonds. The van der Waals surface area contributed by atoms with Crippen molar-refractivity contribution >= 4 is 15.7 Å². The minimum absolute atomic E-state index is 0.521. The Kier molecular flexibility index (Phi) is 4.24. The molecule has 5 heteroatoms. The first-order valence-corrected chi connectivity index (χ1v) is 8.22. The number of benzene rings is 1. The van der Waals surface area contributed by atoms with Gasteiger partial charge in [0.05, 0.1) is 6.26 Å². The quantitative estimate of drug-likeness (QED) is 0.874. The average molecular weight is 268 g/mol. The van der Waals surface area contributed by atoms with Gasteiger partial charge in [-0.05, 0) is 43.5 Å². The van der Waals surface area contributed by atoms with Crippen molar-refractivity contribution in [2.24, 2.45) is 0 Å². The summed E-state index contributed by atoms with van der Waals surface area (Å²) in [6, 6.07) is 8.15. The molecule has 0 radical (unpaired) electrons. The van der Waals surface area contributed by atoms with Gasteiger partial charge in [-0.3, -0.25) is 4.72 Å². The summed E-state index contributed by atoms with van der Waals surface area (Å²) < 4.78 is 24.9. The molecule has 4 nitrogen and oxygen atoms in total. The summed E-state index contributed by atoms with van der Waals surface area (Å²) in [6.45, 7) is 1.09. The van der Waals surface area contributed by atoms with Gasteiger partial charge in [0.15, 0.2) is 0 Å². The lowest BCUT2D eigenvalue weighted by Crippen LogP contribution is -2.35. The molecule has 1 atom stereocenters. The molecule has 1 aliphatic rings.